The zero-order valence-electron chi connectivity index (χ0n) is 8.40. The summed E-state index contributed by atoms with van der Waals surface area (Å²) < 4.78 is 0. The van der Waals surface area contributed by atoms with Gasteiger partial charge >= 0.3 is 0 Å². The van der Waals surface area contributed by atoms with E-state index in [9.17, 15) is 4.79 Å². The highest BCUT2D eigenvalue weighted by molar-refractivity contribution is 5.81. The number of rotatable bonds is 3. The van der Waals surface area contributed by atoms with Crippen LogP contribution >= 0.6 is 0 Å². The van der Waals surface area contributed by atoms with Gasteiger partial charge in [0.05, 0.1) is 0 Å². The fourth-order valence-electron chi connectivity index (χ4n) is 1.77. The predicted octanol–water partition coefficient (Wildman–Crippen LogP) is 1.69. The largest absolute Gasteiger partial charge is 0.299 e. The maximum atomic E-state index is 11.4. The summed E-state index contributed by atoms with van der Waals surface area (Å²) in [6, 6.07) is 0. The topological polar surface area (TPSA) is 76.0 Å². The molecule has 0 aromatic rings. The van der Waals surface area contributed by atoms with Gasteiger partial charge < -0.3 is 0 Å². The minimum Gasteiger partial charge on any atom is -0.299 e. The van der Waals surface area contributed by atoms with Crippen LogP contribution < -0.4 is 0 Å². The summed E-state index contributed by atoms with van der Waals surface area (Å²) in [5, 5.41) is 17.2. The Morgan fingerprint density at radius 2 is 1.93 bits per heavy atom. The third-order valence-corrected chi connectivity index (χ3v) is 3.05. The van der Waals surface area contributed by atoms with Gasteiger partial charge in [0.2, 0.25) is 5.79 Å². The monoisotopic (exact) mass is 204 g/mol. The van der Waals surface area contributed by atoms with Gasteiger partial charge in [0.1, 0.15) is 5.78 Å². The lowest BCUT2D eigenvalue weighted by atomic mass is 9.78. The number of hydrogen-bond acceptors (Lipinski definition) is 5. The van der Waals surface area contributed by atoms with Crippen molar-refractivity contribution in [3.8, 4) is 0 Å². The van der Waals surface area contributed by atoms with Crippen molar-refractivity contribution >= 4 is 5.78 Å². The highest BCUT2D eigenvalue weighted by atomic mass is 17.2. The predicted molar refractivity (Wildman–Crippen MR) is 47.3 cm³/mol. The molecule has 2 N–H and O–H groups in total. The van der Waals surface area contributed by atoms with E-state index in [1.54, 1.807) is 0 Å². The zero-order valence-corrected chi connectivity index (χ0v) is 8.40. The molecule has 1 rings (SSSR count). The second-order valence-corrected chi connectivity index (χ2v) is 4.04. The molecule has 0 bridgehead atoms. The molecule has 14 heavy (non-hydrogen) atoms. The number of Topliss-reactive ketones (excluding diaryl/α,β-unsaturated/α-hetero) is 1. The van der Waals surface area contributed by atoms with Crippen molar-refractivity contribution in [2.45, 2.75) is 38.9 Å². The maximum Gasteiger partial charge on any atom is 0.233 e. The first-order valence-electron chi connectivity index (χ1n) is 4.71. The molecule has 0 spiro atoms. The summed E-state index contributed by atoms with van der Waals surface area (Å²) >= 11 is 0. The van der Waals surface area contributed by atoms with Crippen LogP contribution in [-0.4, -0.2) is 22.1 Å². The molecule has 1 aliphatic carbocycles. The van der Waals surface area contributed by atoms with E-state index in [0.29, 0.717) is 6.42 Å². The van der Waals surface area contributed by atoms with Crippen LogP contribution in [0, 0.1) is 11.8 Å². The van der Waals surface area contributed by atoms with E-state index in [0.717, 1.165) is 6.42 Å². The molecule has 0 aliphatic heterocycles. The highest BCUT2D eigenvalue weighted by Gasteiger charge is 2.42. The molecule has 0 heterocycles. The van der Waals surface area contributed by atoms with Crippen LogP contribution in [0.5, 0.6) is 0 Å². The lowest BCUT2D eigenvalue weighted by Crippen LogP contribution is -2.43. The van der Waals surface area contributed by atoms with Crippen LogP contribution in [0.4, 0.5) is 0 Å². The van der Waals surface area contributed by atoms with Crippen LogP contribution in [0.3, 0.4) is 0 Å². The zero-order chi connectivity index (χ0) is 10.8. The SMILES string of the molecule is C[C@@H]1CC[C@@H](C(C)(OO)OO)CC1=O. The van der Waals surface area contributed by atoms with E-state index in [2.05, 4.69) is 9.78 Å². The summed E-state index contributed by atoms with van der Waals surface area (Å²) in [6.45, 7) is 3.27. The quantitative estimate of drug-likeness (QED) is 0.415. The van der Waals surface area contributed by atoms with Gasteiger partial charge in [0, 0.05) is 18.3 Å². The fraction of sp³-hybridized carbons (Fsp3) is 0.889. The number of carbonyl (C=O) groups excluding carboxylic acids is 1. The van der Waals surface area contributed by atoms with Crippen molar-refractivity contribution in [2.24, 2.45) is 11.8 Å². The third-order valence-electron chi connectivity index (χ3n) is 3.05. The van der Waals surface area contributed by atoms with Crippen LogP contribution in [-0.2, 0) is 14.6 Å². The summed E-state index contributed by atoms with van der Waals surface area (Å²) in [5.41, 5.74) is 0. The number of ketones is 1. The van der Waals surface area contributed by atoms with E-state index in [1.807, 2.05) is 6.92 Å². The standard InChI is InChI=1S/C9H16O5/c1-6-3-4-7(5-8(6)10)9(2,13-11)14-12/h6-7,11-12H,3-5H2,1-2H3/t6-,7-/m1/s1. The molecule has 1 saturated carbocycles. The smallest absolute Gasteiger partial charge is 0.233 e. The van der Waals surface area contributed by atoms with Crippen LogP contribution in [0.1, 0.15) is 33.1 Å². The van der Waals surface area contributed by atoms with Crippen LogP contribution in [0.15, 0.2) is 0 Å². The first-order chi connectivity index (χ1) is 6.53. The molecule has 1 fully saturated rings. The average Bonchev–Trinajstić information content (AvgIpc) is 2.21. The van der Waals surface area contributed by atoms with E-state index >= 15 is 0 Å². The van der Waals surface area contributed by atoms with Crippen molar-refractivity contribution in [3.63, 3.8) is 0 Å². The molecule has 0 saturated heterocycles. The minimum absolute atomic E-state index is 0.0490. The lowest BCUT2D eigenvalue weighted by Gasteiger charge is -2.34. The Kier molecular flexibility index (Phi) is 3.60. The molecule has 0 radical (unpaired) electrons. The van der Waals surface area contributed by atoms with Crippen molar-refractivity contribution in [1.82, 2.24) is 0 Å². The van der Waals surface area contributed by atoms with Crippen molar-refractivity contribution in [1.29, 1.82) is 0 Å². The summed E-state index contributed by atoms with van der Waals surface area (Å²) in [7, 11) is 0. The molecule has 5 nitrogen and oxygen atoms in total. The summed E-state index contributed by atoms with van der Waals surface area (Å²) in [6.07, 6.45) is 1.68. The van der Waals surface area contributed by atoms with E-state index < -0.39 is 5.79 Å². The first-order valence-corrected chi connectivity index (χ1v) is 4.71. The Morgan fingerprint density at radius 3 is 2.36 bits per heavy atom. The van der Waals surface area contributed by atoms with E-state index in [1.165, 1.54) is 6.92 Å². The highest BCUT2D eigenvalue weighted by Crippen LogP contribution is 2.35. The van der Waals surface area contributed by atoms with Crippen molar-refractivity contribution in [3.05, 3.63) is 0 Å². The fourth-order valence-corrected chi connectivity index (χ4v) is 1.77. The third kappa shape index (κ3) is 2.12. The van der Waals surface area contributed by atoms with E-state index in [4.69, 9.17) is 10.5 Å². The van der Waals surface area contributed by atoms with Crippen molar-refractivity contribution in [2.75, 3.05) is 0 Å². The van der Waals surface area contributed by atoms with Crippen LogP contribution in [0.2, 0.25) is 0 Å². The second kappa shape index (κ2) is 4.35. The van der Waals surface area contributed by atoms with Crippen LogP contribution in [0.25, 0.3) is 0 Å². The Bertz CT molecular complexity index is 211. The lowest BCUT2D eigenvalue weighted by molar-refractivity contribution is -0.494. The number of carbonyl (C=O) groups is 1. The molecule has 0 unspecified atom stereocenters. The van der Waals surface area contributed by atoms with Gasteiger partial charge in [0.25, 0.3) is 0 Å². The van der Waals surface area contributed by atoms with Crippen molar-refractivity contribution < 1.29 is 25.1 Å². The Morgan fingerprint density at radius 1 is 1.36 bits per heavy atom. The molecular formula is C9H16O5. The molecule has 0 aromatic heterocycles. The molecule has 0 aromatic carbocycles. The normalized spacial score (nSPS) is 29.3. The van der Waals surface area contributed by atoms with E-state index in [-0.39, 0.29) is 24.0 Å². The van der Waals surface area contributed by atoms with Gasteiger partial charge in [-0.15, -0.1) is 0 Å². The molecule has 5 heteroatoms. The summed E-state index contributed by atoms with van der Waals surface area (Å²) in [5.74, 6) is -1.63. The van der Waals surface area contributed by atoms with Gasteiger partial charge in [-0.3, -0.25) is 4.79 Å². The Hall–Kier alpha value is -0.490. The Balaban J connectivity index is 2.66. The number of hydrogen-bond donors (Lipinski definition) is 2. The Labute approximate surface area is 82.5 Å². The molecule has 2 atom stereocenters. The van der Waals surface area contributed by atoms with Gasteiger partial charge in [-0.25, -0.2) is 20.3 Å². The van der Waals surface area contributed by atoms with Gasteiger partial charge in [-0.05, 0) is 19.8 Å². The van der Waals surface area contributed by atoms with Gasteiger partial charge in [-0.2, -0.15) is 0 Å². The van der Waals surface area contributed by atoms with Gasteiger partial charge in [0.15, 0.2) is 0 Å². The van der Waals surface area contributed by atoms with Gasteiger partial charge in [-0.1, -0.05) is 6.92 Å². The molecule has 82 valence electrons. The second-order valence-electron chi connectivity index (χ2n) is 4.04. The average molecular weight is 204 g/mol. The molecule has 0 amide bonds. The first kappa shape index (κ1) is 11.6. The molecule has 1 aliphatic rings. The molecular weight excluding hydrogens is 188 g/mol. The minimum atomic E-state index is -1.49. The summed E-state index contributed by atoms with van der Waals surface area (Å²) in [4.78, 5) is 19.6. The maximum absolute atomic E-state index is 11.4.